The minimum absolute atomic E-state index is 0.0337. The van der Waals surface area contributed by atoms with Crippen molar-refractivity contribution < 1.29 is 13.5 Å². The summed E-state index contributed by atoms with van der Waals surface area (Å²) in [4.78, 5) is -0.116. The third-order valence-electron chi connectivity index (χ3n) is 2.38. The maximum atomic E-state index is 12.2. The second-order valence-electron chi connectivity index (χ2n) is 3.85. The van der Waals surface area contributed by atoms with E-state index < -0.39 is 10.0 Å². The van der Waals surface area contributed by atoms with Crippen molar-refractivity contribution in [2.24, 2.45) is 0 Å². The van der Waals surface area contributed by atoms with Gasteiger partial charge in [-0.1, -0.05) is 40.9 Å². The second-order valence-corrected chi connectivity index (χ2v) is 6.81. The quantitative estimate of drug-likeness (QED) is 0.815. The summed E-state index contributed by atoms with van der Waals surface area (Å²) in [6.07, 6.45) is 0. The van der Waals surface area contributed by atoms with Crippen molar-refractivity contribution >= 4 is 50.5 Å². The summed E-state index contributed by atoms with van der Waals surface area (Å²) in [6, 6.07) is 8.23. The molecule has 8 heteroatoms. The van der Waals surface area contributed by atoms with Gasteiger partial charge in [-0.05, 0) is 30.3 Å². The zero-order valence-electron chi connectivity index (χ0n) is 9.77. The van der Waals surface area contributed by atoms with Gasteiger partial charge in [0.15, 0.2) is 5.75 Å². The van der Waals surface area contributed by atoms with Crippen LogP contribution in [-0.2, 0) is 10.0 Å². The molecule has 2 aromatic rings. The molecule has 0 aliphatic carbocycles. The van der Waals surface area contributed by atoms with E-state index in [9.17, 15) is 13.5 Å². The normalized spacial score (nSPS) is 11.3. The second kappa shape index (κ2) is 5.69. The van der Waals surface area contributed by atoms with Gasteiger partial charge in [0.25, 0.3) is 10.0 Å². The number of para-hydroxylation sites is 1. The first-order valence-electron chi connectivity index (χ1n) is 5.26. The van der Waals surface area contributed by atoms with Gasteiger partial charge in [-0.2, -0.15) is 0 Å². The minimum atomic E-state index is -3.94. The number of aromatic hydroxyl groups is 1. The van der Waals surface area contributed by atoms with Crippen LogP contribution in [0.5, 0.6) is 5.75 Å². The number of benzene rings is 2. The number of anilines is 1. The summed E-state index contributed by atoms with van der Waals surface area (Å²) in [5.74, 6) is -0.356. The zero-order valence-corrected chi connectivity index (χ0v) is 12.9. The summed E-state index contributed by atoms with van der Waals surface area (Å²) in [6.45, 7) is 0. The number of nitrogens with one attached hydrogen (secondary N) is 1. The number of phenolic OH excluding ortho intramolecular Hbond substituents is 1. The van der Waals surface area contributed by atoms with E-state index >= 15 is 0 Å². The fraction of sp³-hybridized carbons (Fsp3) is 0. The lowest BCUT2D eigenvalue weighted by molar-refractivity contribution is 0.478. The Kier molecular flexibility index (Phi) is 4.34. The Hall–Kier alpha value is -1.14. The van der Waals surface area contributed by atoms with Crippen LogP contribution in [0.3, 0.4) is 0 Å². The van der Waals surface area contributed by atoms with Gasteiger partial charge in [0, 0.05) is 10.0 Å². The van der Waals surface area contributed by atoms with Crippen LogP contribution in [0.1, 0.15) is 0 Å². The molecule has 0 saturated heterocycles. The Morgan fingerprint density at radius 2 is 1.60 bits per heavy atom. The predicted molar refractivity (Wildman–Crippen MR) is 80.4 cm³/mol. The fourth-order valence-electron chi connectivity index (χ4n) is 1.49. The molecular formula is C12H8Cl3NO3S. The molecule has 20 heavy (non-hydrogen) atoms. The van der Waals surface area contributed by atoms with E-state index in [4.69, 9.17) is 34.8 Å². The van der Waals surface area contributed by atoms with Crippen molar-refractivity contribution in [2.45, 2.75) is 4.90 Å². The van der Waals surface area contributed by atoms with Crippen molar-refractivity contribution in [2.75, 3.05) is 4.72 Å². The molecule has 0 radical (unpaired) electrons. The number of hydrogen-bond acceptors (Lipinski definition) is 3. The Bertz CT molecular complexity index is 742. The van der Waals surface area contributed by atoms with Crippen molar-refractivity contribution in [1.29, 1.82) is 0 Å². The number of sulfonamides is 1. The van der Waals surface area contributed by atoms with Crippen LogP contribution in [0.2, 0.25) is 15.1 Å². The minimum Gasteiger partial charge on any atom is -0.504 e. The van der Waals surface area contributed by atoms with Crippen LogP contribution >= 0.6 is 34.8 Å². The predicted octanol–water partition coefficient (Wildman–Crippen LogP) is 4.15. The van der Waals surface area contributed by atoms with Crippen LogP contribution in [0.4, 0.5) is 5.69 Å². The molecule has 0 heterocycles. The Balaban J connectivity index is 2.43. The van der Waals surface area contributed by atoms with Gasteiger partial charge in [0.2, 0.25) is 0 Å². The summed E-state index contributed by atoms with van der Waals surface area (Å²) < 4.78 is 26.6. The molecule has 0 saturated carbocycles. The van der Waals surface area contributed by atoms with Crippen molar-refractivity contribution in [3.63, 3.8) is 0 Å². The third-order valence-corrected chi connectivity index (χ3v) is 4.46. The lowest BCUT2D eigenvalue weighted by Gasteiger charge is -2.10. The van der Waals surface area contributed by atoms with Gasteiger partial charge >= 0.3 is 0 Å². The Morgan fingerprint density at radius 1 is 1.00 bits per heavy atom. The van der Waals surface area contributed by atoms with Crippen LogP contribution in [0.15, 0.2) is 41.3 Å². The molecule has 0 aliphatic heterocycles. The van der Waals surface area contributed by atoms with Gasteiger partial charge in [-0.3, -0.25) is 4.72 Å². The topological polar surface area (TPSA) is 66.4 Å². The van der Waals surface area contributed by atoms with E-state index in [0.29, 0.717) is 0 Å². The first-order chi connectivity index (χ1) is 9.29. The molecule has 106 valence electrons. The Labute approximate surface area is 131 Å². The fourth-order valence-corrected chi connectivity index (χ4v) is 3.45. The largest absolute Gasteiger partial charge is 0.504 e. The molecule has 0 spiro atoms. The third kappa shape index (κ3) is 3.30. The highest BCUT2D eigenvalue weighted by atomic mass is 35.5. The monoisotopic (exact) mass is 351 g/mol. The molecule has 4 nitrogen and oxygen atoms in total. The number of rotatable bonds is 3. The molecule has 0 aliphatic rings. The van der Waals surface area contributed by atoms with Crippen molar-refractivity contribution in [3.05, 3.63) is 51.5 Å². The lowest BCUT2D eigenvalue weighted by atomic mass is 10.3. The molecule has 2 N–H and O–H groups in total. The molecule has 0 bridgehead atoms. The van der Waals surface area contributed by atoms with E-state index in [2.05, 4.69) is 4.72 Å². The van der Waals surface area contributed by atoms with Crippen LogP contribution in [0, 0.1) is 0 Å². The van der Waals surface area contributed by atoms with Crippen molar-refractivity contribution in [1.82, 2.24) is 0 Å². The highest BCUT2D eigenvalue weighted by molar-refractivity contribution is 7.92. The van der Waals surface area contributed by atoms with E-state index in [1.807, 2.05) is 0 Å². The highest BCUT2D eigenvalue weighted by Crippen LogP contribution is 2.33. The number of halogens is 3. The smallest absolute Gasteiger partial charge is 0.262 e. The van der Waals surface area contributed by atoms with Crippen LogP contribution in [0.25, 0.3) is 0 Å². The first-order valence-corrected chi connectivity index (χ1v) is 7.88. The standard InChI is InChI=1S/C12H8Cl3NO3S/c13-7-4-8(14)6-9(5-7)20(18,19)16-11-3-1-2-10(15)12(11)17/h1-6,16-17H. The summed E-state index contributed by atoms with van der Waals surface area (Å²) in [5.41, 5.74) is -0.0337. The zero-order chi connectivity index (χ0) is 14.9. The number of hydrogen-bond donors (Lipinski definition) is 2. The first kappa shape index (κ1) is 15.3. The van der Waals surface area contributed by atoms with Crippen LogP contribution < -0.4 is 4.72 Å². The highest BCUT2D eigenvalue weighted by Gasteiger charge is 2.18. The summed E-state index contributed by atoms with van der Waals surface area (Å²) >= 11 is 17.2. The van der Waals surface area contributed by atoms with Crippen LogP contribution in [-0.4, -0.2) is 13.5 Å². The molecular weight excluding hydrogens is 345 g/mol. The average molecular weight is 353 g/mol. The van der Waals surface area contributed by atoms with Gasteiger partial charge in [-0.15, -0.1) is 0 Å². The SMILES string of the molecule is O=S(=O)(Nc1cccc(Cl)c1O)c1cc(Cl)cc(Cl)c1. The maximum absolute atomic E-state index is 12.2. The van der Waals surface area contributed by atoms with Gasteiger partial charge in [0.05, 0.1) is 15.6 Å². The van der Waals surface area contributed by atoms with Gasteiger partial charge in [-0.25, -0.2) is 8.42 Å². The maximum Gasteiger partial charge on any atom is 0.262 e. The molecule has 0 fully saturated rings. The lowest BCUT2D eigenvalue weighted by Crippen LogP contribution is -2.13. The van der Waals surface area contributed by atoms with E-state index in [1.54, 1.807) is 0 Å². The van der Waals surface area contributed by atoms with Gasteiger partial charge < -0.3 is 5.11 Å². The molecule has 0 atom stereocenters. The number of phenols is 1. The average Bonchev–Trinajstić information content (AvgIpc) is 2.33. The molecule has 0 aromatic heterocycles. The molecule has 0 unspecified atom stereocenters. The summed E-state index contributed by atoms with van der Waals surface area (Å²) in [7, 11) is -3.94. The molecule has 2 rings (SSSR count). The molecule has 0 amide bonds. The van der Waals surface area contributed by atoms with E-state index in [-0.39, 0.29) is 31.4 Å². The van der Waals surface area contributed by atoms with Crippen molar-refractivity contribution in [3.8, 4) is 5.75 Å². The molecule has 2 aromatic carbocycles. The van der Waals surface area contributed by atoms with E-state index in [1.165, 1.54) is 36.4 Å². The summed E-state index contributed by atoms with van der Waals surface area (Å²) in [5, 5.41) is 10.1. The Morgan fingerprint density at radius 3 is 2.20 bits per heavy atom. The van der Waals surface area contributed by atoms with E-state index in [0.717, 1.165) is 0 Å². The van der Waals surface area contributed by atoms with Gasteiger partial charge in [0.1, 0.15) is 0 Å².